The Balaban J connectivity index is 2.54. The molecule has 84 valence electrons. The summed E-state index contributed by atoms with van der Waals surface area (Å²) in [7, 11) is -1.85. The van der Waals surface area contributed by atoms with Crippen LogP contribution < -0.4 is 0 Å². The number of hydrogen-bond acceptors (Lipinski definition) is 2. The summed E-state index contributed by atoms with van der Waals surface area (Å²) in [6.07, 6.45) is 6.78. The van der Waals surface area contributed by atoms with Crippen LogP contribution in [0.2, 0.25) is 12.1 Å². The minimum absolute atomic E-state index is 0.733. The Kier molecular flexibility index (Phi) is 5.13. The van der Waals surface area contributed by atoms with Crippen molar-refractivity contribution in [1.29, 1.82) is 0 Å². The second kappa shape index (κ2) is 5.88. The van der Waals surface area contributed by atoms with Crippen molar-refractivity contribution in [2.45, 2.75) is 58.0 Å². The highest BCUT2D eigenvalue weighted by Gasteiger charge is 2.40. The van der Waals surface area contributed by atoms with E-state index >= 15 is 0 Å². The molecule has 0 N–H and O–H groups in total. The van der Waals surface area contributed by atoms with Crippen LogP contribution in [0.15, 0.2) is 0 Å². The summed E-state index contributed by atoms with van der Waals surface area (Å²) in [5, 5.41) is 0. The summed E-state index contributed by atoms with van der Waals surface area (Å²) < 4.78 is 11.9. The Bertz CT molecular complexity index is 149. The predicted molar refractivity (Wildman–Crippen MR) is 61.7 cm³/mol. The largest absolute Gasteiger partial charge is 0.394 e. The molecular formula is C11H24O2Si. The molecule has 0 aliphatic heterocycles. The van der Waals surface area contributed by atoms with E-state index in [0.29, 0.717) is 0 Å². The van der Waals surface area contributed by atoms with E-state index in [9.17, 15) is 0 Å². The van der Waals surface area contributed by atoms with E-state index in [1.54, 1.807) is 0 Å². The third-order valence-corrected chi connectivity index (χ3v) is 6.99. The molecule has 0 spiro atoms. The van der Waals surface area contributed by atoms with Gasteiger partial charge in [0.1, 0.15) is 0 Å². The SMILES string of the molecule is CCO[Si](C)(OCC)C1CCCCC1. The van der Waals surface area contributed by atoms with Gasteiger partial charge in [0.25, 0.3) is 0 Å². The zero-order valence-corrected chi connectivity index (χ0v) is 10.8. The van der Waals surface area contributed by atoms with E-state index in [0.717, 1.165) is 18.8 Å². The minimum Gasteiger partial charge on any atom is -0.394 e. The summed E-state index contributed by atoms with van der Waals surface area (Å²) >= 11 is 0. The van der Waals surface area contributed by atoms with E-state index < -0.39 is 8.56 Å². The maximum atomic E-state index is 5.93. The summed E-state index contributed by atoms with van der Waals surface area (Å²) in [5.74, 6) is 0. The number of rotatable bonds is 5. The van der Waals surface area contributed by atoms with Crippen molar-refractivity contribution in [2.75, 3.05) is 13.2 Å². The fraction of sp³-hybridized carbons (Fsp3) is 1.00. The zero-order chi connectivity index (χ0) is 10.4. The first kappa shape index (κ1) is 12.2. The fourth-order valence-corrected chi connectivity index (χ4v) is 5.64. The minimum atomic E-state index is -1.85. The summed E-state index contributed by atoms with van der Waals surface area (Å²) in [6, 6.07) is 0. The summed E-state index contributed by atoms with van der Waals surface area (Å²) in [6.45, 7) is 8.01. The van der Waals surface area contributed by atoms with Gasteiger partial charge < -0.3 is 8.85 Å². The fourth-order valence-electron chi connectivity index (χ4n) is 2.48. The Labute approximate surface area is 89.2 Å². The molecule has 1 saturated carbocycles. The molecule has 1 rings (SSSR count). The van der Waals surface area contributed by atoms with Gasteiger partial charge in [-0.1, -0.05) is 19.3 Å². The maximum absolute atomic E-state index is 5.93. The summed E-state index contributed by atoms with van der Waals surface area (Å²) in [5.41, 5.74) is 0.733. The summed E-state index contributed by atoms with van der Waals surface area (Å²) in [4.78, 5) is 0. The molecule has 0 atom stereocenters. The quantitative estimate of drug-likeness (QED) is 0.655. The molecule has 0 aromatic carbocycles. The van der Waals surface area contributed by atoms with Gasteiger partial charge in [-0.2, -0.15) is 0 Å². The van der Waals surface area contributed by atoms with Gasteiger partial charge in [0.05, 0.1) is 0 Å². The molecule has 0 bridgehead atoms. The average molecular weight is 216 g/mol. The van der Waals surface area contributed by atoms with E-state index in [-0.39, 0.29) is 0 Å². The maximum Gasteiger partial charge on any atom is 0.338 e. The predicted octanol–water partition coefficient (Wildman–Crippen LogP) is 3.47. The van der Waals surface area contributed by atoms with Gasteiger partial charge in [0, 0.05) is 18.8 Å². The highest BCUT2D eigenvalue weighted by molar-refractivity contribution is 6.67. The Morgan fingerprint density at radius 1 is 1.00 bits per heavy atom. The van der Waals surface area contributed by atoms with Crippen molar-refractivity contribution in [2.24, 2.45) is 0 Å². The van der Waals surface area contributed by atoms with Gasteiger partial charge in [-0.15, -0.1) is 0 Å². The molecule has 1 aliphatic carbocycles. The lowest BCUT2D eigenvalue weighted by molar-refractivity contribution is 0.171. The van der Waals surface area contributed by atoms with Crippen LogP contribution >= 0.6 is 0 Å². The monoisotopic (exact) mass is 216 g/mol. The van der Waals surface area contributed by atoms with Gasteiger partial charge in [-0.25, -0.2) is 0 Å². The molecular weight excluding hydrogens is 192 g/mol. The molecule has 0 radical (unpaired) electrons. The Hall–Kier alpha value is 0.137. The van der Waals surface area contributed by atoms with Crippen molar-refractivity contribution in [3.8, 4) is 0 Å². The molecule has 0 amide bonds. The van der Waals surface area contributed by atoms with Crippen molar-refractivity contribution in [3.63, 3.8) is 0 Å². The van der Waals surface area contributed by atoms with Crippen LogP contribution in [0.5, 0.6) is 0 Å². The molecule has 3 heteroatoms. The lowest BCUT2D eigenvalue weighted by Crippen LogP contribution is -2.44. The van der Waals surface area contributed by atoms with E-state index in [4.69, 9.17) is 8.85 Å². The smallest absolute Gasteiger partial charge is 0.338 e. The molecule has 2 nitrogen and oxygen atoms in total. The van der Waals surface area contributed by atoms with E-state index in [1.807, 2.05) is 0 Å². The molecule has 1 fully saturated rings. The van der Waals surface area contributed by atoms with Crippen LogP contribution in [0.3, 0.4) is 0 Å². The van der Waals surface area contributed by atoms with Gasteiger partial charge in [-0.05, 0) is 33.2 Å². The first-order valence-corrected chi connectivity index (χ1v) is 8.40. The van der Waals surface area contributed by atoms with Crippen molar-refractivity contribution in [3.05, 3.63) is 0 Å². The third kappa shape index (κ3) is 3.07. The van der Waals surface area contributed by atoms with Crippen LogP contribution in [0, 0.1) is 0 Å². The van der Waals surface area contributed by atoms with Crippen LogP contribution in [0.25, 0.3) is 0 Å². The standard InChI is InChI=1S/C11H24O2Si/c1-4-12-14(3,13-5-2)11-9-7-6-8-10-11/h11H,4-10H2,1-3H3. The molecule has 14 heavy (non-hydrogen) atoms. The van der Waals surface area contributed by atoms with Gasteiger partial charge in [0.15, 0.2) is 0 Å². The highest BCUT2D eigenvalue weighted by atomic mass is 28.4. The first-order chi connectivity index (χ1) is 6.73. The molecule has 0 aromatic heterocycles. The average Bonchev–Trinajstić information content (AvgIpc) is 2.20. The molecule has 0 aromatic rings. The van der Waals surface area contributed by atoms with Gasteiger partial charge in [0.2, 0.25) is 0 Å². The molecule has 0 heterocycles. The van der Waals surface area contributed by atoms with Crippen molar-refractivity contribution < 1.29 is 8.85 Å². The zero-order valence-electron chi connectivity index (χ0n) is 9.84. The normalized spacial score (nSPS) is 19.9. The first-order valence-electron chi connectivity index (χ1n) is 6.00. The van der Waals surface area contributed by atoms with E-state index in [1.165, 1.54) is 32.1 Å². The molecule has 0 saturated heterocycles. The van der Waals surface area contributed by atoms with Crippen molar-refractivity contribution in [1.82, 2.24) is 0 Å². The van der Waals surface area contributed by atoms with Crippen LogP contribution in [0.1, 0.15) is 46.0 Å². The van der Waals surface area contributed by atoms with E-state index in [2.05, 4.69) is 20.4 Å². The van der Waals surface area contributed by atoms with Gasteiger partial charge in [-0.3, -0.25) is 0 Å². The topological polar surface area (TPSA) is 18.5 Å². The second-order valence-corrected chi connectivity index (χ2v) is 7.64. The lowest BCUT2D eigenvalue weighted by atomic mass is 10.0. The Morgan fingerprint density at radius 2 is 1.50 bits per heavy atom. The van der Waals surface area contributed by atoms with Gasteiger partial charge >= 0.3 is 8.56 Å². The second-order valence-electron chi connectivity index (χ2n) is 4.22. The lowest BCUT2D eigenvalue weighted by Gasteiger charge is -2.36. The molecule has 1 aliphatic rings. The van der Waals surface area contributed by atoms with Crippen LogP contribution in [-0.2, 0) is 8.85 Å². The van der Waals surface area contributed by atoms with Crippen molar-refractivity contribution >= 4 is 8.56 Å². The Morgan fingerprint density at radius 3 is 1.93 bits per heavy atom. The number of hydrogen-bond donors (Lipinski definition) is 0. The van der Waals surface area contributed by atoms with Crippen LogP contribution in [-0.4, -0.2) is 21.8 Å². The molecule has 0 unspecified atom stereocenters. The van der Waals surface area contributed by atoms with Crippen LogP contribution in [0.4, 0.5) is 0 Å². The third-order valence-electron chi connectivity index (χ3n) is 3.21. The highest BCUT2D eigenvalue weighted by Crippen LogP contribution is 2.37.